The number of ether oxygens (including phenoxy) is 1. The molecule has 8 heteroatoms. The van der Waals surface area contributed by atoms with Crippen molar-refractivity contribution in [2.24, 2.45) is 0 Å². The molecule has 0 unspecified atom stereocenters. The van der Waals surface area contributed by atoms with Gasteiger partial charge in [0.25, 0.3) is 11.6 Å². The summed E-state index contributed by atoms with van der Waals surface area (Å²) in [6.45, 7) is 3.33. The standard InChI is InChI=1S/C19H21N3O5/c1-13-7-9-15(10-8-13)20-18(23)12-21(3)19(24)14(2)27-17-6-4-5-16(11-17)22(25)26/h4-11,14H,12H2,1-3H3,(H,20,23)/t14-/m1/s1. The molecule has 1 atom stereocenters. The molecule has 8 nitrogen and oxygen atoms in total. The van der Waals surface area contributed by atoms with Gasteiger partial charge < -0.3 is 15.0 Å². The first kappa shape index (κ1) is 19.9. The van der Waals surface area contributed by atoms with Crippen molar-refractivity contribution in [2.75, 3.05) is 18.9 Å². The zero-order valence-corrected chi connectivity index (χ0v) is 15.3. The second kappa shape index (κ2) is 8.79. The predicted molar refractivity (Wildman–Crippen MR) is 101 cm³/mol. The predicted octanol–water partition coefficient (Wildman–Crippen LogP) is 2.77. The Hall–Kier alpha value is -3.42. The minimum absolute atomic E-state index is 0.127. The van der Waals surface area contributed by atoms with E-state index in [1.54, 1.807) is 12.1 Å². The van der Waals surface area contributed by atoms with E-state index < -0.39 is 16.9 Å². The largest absolute Gasteiger partial charge is 0.481 e. The number of nitrogens with zero attached hydrogens (tertiary/aromatic N) is 2. The monoisotopic (exact) mass is 371 g/mol. The first-order valence-corrected chi connectivity index (χ1v) is 8.29. The number of nitro groups is 1. The Balaban J connectivity index is 1.91. The second-order valence-corrected chi connectivity index (χ2v) is 6.12. The van der Waals surface area contributed by atoms with Gasteiger partial charge in [-0.05, 0) is 32.0 Å². The third-order valence-electron chi connectivity index (χ3n) is 3.78. The Morgan fingerprint density at radius 2 is 1.89 bits per heavy atom. The van der Waals surface area contributed by atoms with E-state index in [0.29, 0.717) is 5.69 Å². The number of carbonyl (C=O) groups excluding carboxylic acids is 2. The molecular weight excluding hydrogens is 350 g/mol. The molecule has 2 amide bonds. The maximum atomic E-state index is 12.4. The van der Waals surface area contributed by atoms with Crippen LogP contribution in [0.4, 0.5) is 11.4 Å². The van der Waals surface area contributed by atoms with Crippen molar-refractivity contribution in [3.8, 4) is 5.75 Å². The molecule has 0 spiro atoms. The number of amides is 2. The van der Waals surface area contributed by atoms with E-state index in [2.05, 4.69) is 5.32 Å². The molecule has 2 rings (SSSR count). The van der Waals surface area contributed by atoms with E-state index >= 15 is 0 Å². The van der Waals surface area contributed by atoms with Gasteiger partial charge in [0.2, 0.25) is 5.91 Å². The van der Waals surface area contributed by atoms with Gasteiger partial charge >= 0.3 is 0 Å². The number of aryl methyl sites for hydroxylation is 1. The van der Waals surface area contributed by atoms with Crippen molar-refractivity contribution in [1.82, 2.24) is 4.90 Å². The molecule has 27 heavy (non-hydrogen) atoms. The fourth-order valence-corrected chi connectivity index (χ4v) is 2.37. The summed E-state index contributed by atoms with van der Waals surface area (Å²) in [6.07, 6.45) is -0.899. The first-order valence-electron chi connectivity index (χ1n) is 8.29. The Bertz CT molecular complexity index is 835. The lowest BCUT2D eigenvalue weighted by atomic mass is 10.2. The van der Waals surface area contributed by atoms with E-state index in [1.165, 1.54) is 43.1 Å². The van der Waals surface area contributed by atoms with Gasteiger partial charge in [0.05, 0.1) is 17.5 Å². The number of nitro benzene ring substituents is 1. The Morgan fingerprint density at radius 3 is 2.52 bits per heavy atom. The summed E-state index contributed by atoms with van der Waals surface area (Å²) in [4.78, 5) is 36.0. The Morgan fingerprint density at radius 1 is 1.22 bits per heavy atom. The molecule has 0 aliphatic carbocycles. The molecule has 0 bridgehead atoms. The fraction of sp³-hybridized carbons (Fsp3) is 0.263. The summed E-state index contributed by atoms with van der Waals surface area (Å²) in [5.41, 5.74) is 1.60. The lowest BCUT2D eigenvalue weighted by Crippen LogP contribution is -2.41. The summed E-state index contributed by atoms with van der Waals surface area (Å²) >= 11 is 0. The topological polar surface area (TPSA) is 102 Å². The van der Waals surface area contributed by atoms with E-state index in [9.17, 15) is 19.7 Å². The third kappa shape index (κ3) is 5.81. The molecule has 0 radical (unpaired) electrons. The van der Waals surface area contributed by atoms with Crippen molar-refractivity contribution in [3.63, 3.8) is 0 Å². The van der Waals surface area contributed by atoms with Crippen molar-refractivity contribution < 1.29 is 19.2 Å². The number of anilines is 1. The number of nitrogens with one attached hydrogen (secondary N) is 1. The molecule has 0 saturated carbocycles. The number of hydrogen-bond acceptors (Lipinski definition) is 5. The van der Waals surface area contributed by atoms with Gasteiger partial charge in [0.1, 0.15) is 5.75 Å². The van der Waals surface area contributed by atoms with Crippen LogP contribution in [-0.4, -0.2) is 41.3 Å². The number of likely N-dealkylation sites (N-methyl/N-ethyl adjacent to an activating group) is 1. The molecule has 1 N–H and O–H groups in total. The summed E-state index contributed by atoms with van der Waals surface area (Å²) in [5, 5.41) is 13.5. The van der Waals surface area contributed by atoms with Crippen LogP contribution in [0.25, 0.3) is 0 Å². The minimum atomic E-state index is -0.899. The molecule has 0 saturated heterocycles. The molecule has 0 aliphatic rings. The molecule has 0 aromatic heterocycles. The quantitative estimate of drug-likeness (QED) is 0.596. The summed E-state index contributed by atoms with van der Waals surface area (Å²) in [6, 6.07) is 12.9. The lowest BCUT2D eigenvalue weighted by Gasteiger charge is -2.21. The number of carbonyl (C=O) groups is 2. The van der Waals surface area contributed by atoms with Crippen molar-refractivity contribution in [2.45, 2.75) is 20.0 Å². The van der Waals surface area contributed by atoms with Crippen LogP contribution in [0.15, 0.2) is 48.5 Å². The van der Waals surface area contributed by atoms with Crippen molar-refractivity contribution in [1.29, 1.82) is 0 Å². The molecule has 0 heterocycles. The van der Waals surface area contributed by atoms with Gasteiger partial charge in [-0.15, -0.1) is 0 Å². The highest BCUT2D eigenvalue weighted by molar-refractivity contribution is 5.95. The fourth-order valence-electron chi connectivity index (χ4n) is 2.37. The van der Waals surface area contributed by atoms with Gasteiger partial charge in [-0.2, -0.15) is 0 Å². The number of hydrogen-bond donors (Lipinski definition) is 1. The number of non-ortho nitro benzene ring substituents is 1. The van der Waals surface area contributed by atoms with E-state index in [1.807, 2.05) is 19.1 Å². The van der Waals surface area contributed by atoms with Gasteiger partial charge in [0, 0.05) is 18.8 Å². The smallest absolute Gasteiger partial charge is 0.273 e. The van der Waals surface area contributed by atoms with Gasteiger partial charge in [-0.1, -0.05) is 23.8 Å². The molecule has 0 aliphatic heterocycles. The van der Waals surface area contributed by atoms with Gasteiger partial charge in [-0.25, -0.2) is 0 Å². The van der Waals surface area contributed by atoms with E-state index in [-0.39, 0.29) is 23.9 Å². The van der Waals surface area contributed by atoms with Crippen LogP contribution >= 0.6 is 0 Å². The second-order valence-electron chi connectivity index (χ2n) is 6.12. The zero-order valence-electron chi connectivity index (χ0n) is 15.3. The summed E-state index contributed by atoms with van der Waals surface area (Å²) in [7, 11) is 1.49. The summed E-state index contributed by atoms with van der Waals surface area (Å²) in [5.74, 6) is -0.541. The average molecular weight is 371 g/mol. The summed E-state index contributed by atoms with van der Waals surface area (Å²) < 4.78 is 5.47. The van der Waals surface area contributed by atoms with Crippen LogP contribution in [0, 0.1) is 17.0 Å². The maximum absolute atomic E-state index is 12.4. The highest BCUT2D eigenvalue weighted by atomic mass is 16.6. The number of rotatable bonds is 7. The van der Waals surface area contributed by atoms with Crippen LogP contribution < -0.4 is 10.1 Å². The zero-order chi connectivity index (χ0) is 20.0. The average Bonchev–Trinajstić information content (AvgIpc) is 2.63. The SMILES string of the molecule is Cc1ccc(NC(=O)CN(C)C(=O)[C@@H](C)Oc2cccc([N+](=O)[O-])c2)cc1. The minimum Gasteiger partial charge on any atom is -0.481 e. The Kier molecular flexibility index (Phi) is 6.48. The number of benzene rings is 2. The highest BCUT2D eigenvalue weighted by Crippen LogP contribution is 2.20. The maximum Gasteiger partial charge on any atom is 0.273 e. The van der Waals surface area contributed by atoms with E-state index in [0.717, 1.165) is 5.56 Å². The van der Waals surface area contributed by atoms with Crippen molar-refractivity contribution >= 4 is 23.2 Å². The van der Waals surface area contributed by atoms with Crippen LogP contribution in [0.2, 0.25) is 0 Å². The molecular formula is C19H21N3O5. The Labute approximate surface area is 156 Å². The third-order valence-corrected chi connectivity index (χ3v) is 3.78. The van der Waals surface area contributed by atoms with Crippen LogP contribution in [0.3, 0.4) is 0 Å². The molecule has 2 aromatic rings. The van der Waals surface area contributed by atoms with Crippen LogP contribution in [0.5, 0.6) is 5.75 Å². The molecule has 0 fully saturated rings. The van der Waals surface area contributed by atoms with Crippen LogP contribution in [-0.2, 0) is 9.59 Å². The van der Waals surface area contributed by atoms with Gasteiger partial charge in [0.15, 0.2) is 6.10 Å². The lowest BCUT2D eigenvalue weighted by molar-refractivity contribution is -0.384. The normalized spacial score (nSPS) is 11.4. The van der Waals surface area contributed by atoms with Crippen LogP contribution in [0.1, 0.15) is 12.5 Å². The highest BCUT2D eigenvalue weighted by Gasteiger charge is 2.21. The van der Waals surface area contributed by atoms with Gasteiger partial charge in [-0.3, -0.25) is 19.7 Å². The first-order chi connectivity index (χ1) is 12.8. The molecule has 2 aromatic carbocycles. The van der Waals surface area contributed by atoms with E-state index in [4.69, 9.17) is 4.74 Å². The molecule has 142 valence electrons. The van der Waals surface area contributed by atoms with Crippen molar-refractivity contribution in [3.05, 3.63) is 64.2 Å².